The number of halogens is 1. The number of nitrogens with zero attached hydrogens (tertiary/aromatic N) is 1. The van der Waals surface area contributed by atoms with Crippen molar-refractivity contribution in [1.29, 1.82) is 0 Å². The number of carbonyl (C=O) groups is 1. The van der Waals surface area contributed by atoms with E-state index in [0.29, 0.717) is 27.6 Å². The van der Waals surface area contributed by atoms with Gasteiger partial charge < -0.3 is 10.1 Å². The van der Waals surface area contributed by atoms with Gasteiger partial charge in [-0.15, -0.1) is 0 Å². The molecule has 154 valence electrons. The van der Waals surface area contributed by atoms with E-state index in [1.807, 2.05) is 18.2 Å². The minimum Gasteiger partial charge on any atom is -0.496 e. The standard InChI is InChI=1S/C22H19ClN2O4S/c1-29-20-8-4-2-6-15(20)13-24-22(26)14-25-19-11-10-16(23)12-18(19)17-7-3-5-9-21(17)30(25,27)28/h2-12H,13-14H2,1H3,(H,24,26). The van der Waals surface area contributed by atoms with Crippen molar-refractivity contribution in [3.63, 3.8) is 0 Å². The molecule has 0 bridgehead atoms. The predicted octanol–water partition coefficient (Wildman–Crippen LogP) is 3.84. The number of rotatable bonds is 5. The van der Waals surface area contributed by atoms with Gasteiger partial charge in [-0.3, -0.25) is 9.10 Å². The van der Waals surface area contributed by atoms with E-state index in [1.165, 1.54) is 6.07 Å². The van der Waals surface area contributed by atoms with Crippen LogP contribution in [0.15, 0.2) is 71.6 Å². The third-order valence-electron chi connectivity index (χ3n) is 4.93. The Morgan fingerprint density at radius 2 is 1.77 bits per heavy atom. The number of methoxy groups -OCH3 is 1. The molecule has 0 aliphatic carbocycles. The van der Waals surface area contributed by atoms with Crippen LogP contribution in [0.5, 0.6) is 5.75 Å². The van der Waals surface area contributed by atoms with Crippen LogP contribution in [0.25, 0.3) is 11.1 Å². The molecule has 3 aromatic carbocycles. The highest BCUT2D eigenvalue weighted by molar-refractivity contribution is 7.93. The summed E-state index contributed by atoms with van der Waals surface area (Å²) in [4.78, 5) is 12.8. The summed E-state index contributed by atoms with van der Waals surface area (Å²) in [6, 6.07) is 19.0. The number of carbonyl (C=O) groups excluding carboxylic acids is 1. The van der Waals surface area contributed by atoms with Crippen LogP contribution >= 0.6 is 11.6 Å². The summed E-state index contributed by atoms with van der Waals surface area (Å²) in [5.74, 6) is 0.224. The summed E-state index contributed by atoms with van der Waals surface area (Å²) in [6.07, 6.45) is 0. The maximum atomic E-state index is 13.3. The summed E-state index contributed by atoms with van der Waals surface area (Å²) in [6.45, 7) is -0.124. The Hall–Kier alpha value is -3.03. The lowest BCUT2D eigenvalue weighted by Crippen LogP contribution is -2.42. The molecule has 1 heterocycles. The molecule has 1 aliphatic rings. The summed E-state index contributed by atoms with van der Waals surface area (Å²) >= 11 is 6.15. The Morgan fingerprint density at radius 1 is 1.03 bits per heavy atom. The van der Waals surface area contributed by atoms with Gasteiger partial charge in [0.15, 0.2) is 0 Å². The fourth-order valence-corrected chi connectivity index (χ4v) is 5.32. The zero-order valence-electron chi connectivity index (χ0n) is 16.1. The highest BCUT2D eigenvalue weighted by atomic mass is 35.5. The van der Waals surface area contributed by atoms with Crippen molar-refractivity contribution in [3.8, 4) is 16.9 Å². The van der Waals surface area contributed by atoms with E-state index < -0.39 is 15.9 Å². The van der Waals surface area contributed by atoms with E-state index in [9.17, 15) is 13.2 Å². The number of hydrogen-bond acceptors (Lipinski definition) is 4. The molecule has 0 radical (unpaired) electrons. The summed E-state index contributed by atoms with van der Waals surface area (Å²) in [5, 5.41) is 3.26. The minimum absolute atomic E-state index is 0.150. The number of ether oxygens (including phenoxy) is 1. The number of benzene rings is 3. The Morgan fingerprint density at radius 3 is 2.57 bits per heavy atom. The van der Waals surface area contributed by atoms with Crippen LogP contribution < -0.4 is 14.4 Å². The van der Waals surface area contributed by atoms with Gasteiger partial charge in [-0.25, -0.2) is 8.42 Å². The normalized spacial score (nSPS) is 13.9. The molecule has 8 heteroatoms. The molecular formula is C22H19ClN2O4S. The first-order valence-corrected chi connectivity index (χ1v) is 11.0. The van der Waals surface area contributed by atoms with Crippen LogP contribution in [0.3, 0.4) is 0 Å². The Balaban J connectivity index is 1.63. The highest BCUT2D eigenvalue weighted by Crippen LogP contribution is 2.43. The van der Waals surface area contributed by atoms with Gasteiger partial charge in [0, 0.05) is 28.3 Å². The molecule has 1 N–H and O–H groups in total. The molecule has 6 nitrogen and oxygen atoms in total. The summed E-state index contributed by atoms with van der Waals surface area (Å²) in [5.41, 5.74) is 2.46. The molecular weight excluding hydrogens is 424 g/mol. The first-order valence-electron chi connectivity index (χ1n) is 9.22. The monoisotopic (exact) mass is 442 g/mol. The van der Waals surface area contributed by atoms with E-state index in [0.717, 1.165) is 9.87 Å². The number of nitrogens with one attached hydrogen (secondary N) is 1. The lowest BCUT2D eigenvalue weighted by Gasteiger charge is -2.31. The third kappa shape index (κ3) is 3.62. The van der Waals surface area contributed by atoms with Crippen molar-refractivity contribution >= 4 is 33.2 Å². The zero-order chi connectivity index (χ0) is 21.3. The van der Waals surface area contributed by atoms with Crippen molar-refractivity contribution in [2.45, 2.75) is 11.4 Å². The predicted molar refractivity (Wildman–Crippen MR) is 116 cm³/mol. The van der Waals surface area contributed by atoms with Gasteiger partial charge in [-0.05, 0) is 30.3 Å². The minimum atomic E-state index is -3.90. The lowest BCUT2D eigenvalue weighted by molar-refractivity contribution is -0.119. The maximum absolute atomic E-state index is 13.3. The van der Waals surface area contributed by atoms with Crippen molar-refractivity contribution in [2.75, 3.05) is 18.0 Å². The van der Waals surface area contributed by atoms with Gasteiger partial charge in [0.25, 0.3) is 10.0 Å². The number of para-hydroxylation sites is 1. The van der Waals surface area contributed by atoms with E-state index in [4.69, 9.17) is 16.3 Å². The first kappa shape index (κ1) is 20.3. The maximum Gasteiger partial charge on any atom is 0.265 e. The molecule has 0 fully saturated rings. The van der Waals surface area contributed by atoms with Crippen LogP contribution in [0, 0.1) is 0 Å². The summed E-state index contributed by atoms with van der Waals surface area (Å²) < 4.78 is 32.9. The van der Waals surface area contributed by atoms with Gasteiger partial charge in [0.05, 0.1) is 17.7 Å². The Labute approximate surface area is 180 Å². The van der Waals surface area contributed by atoms with E-state index >= 15 is 0 Å². The Bertz CT molecular complexity index is 1230. The van der Waals surface area contributed by atoms with E-state index in [-0.39, 0.29) is 18.0 Å². The van der Waals surface area contributed by atoms with Crippen LogP contribution in [-0.4, -0.2) is 28.0 Å². The van der Waals surface area contributed by atoms with Crippen molar-refractivity contribution in [2.24, 2.45) is 0 Å². The number of amides is 1. The number of anilines is 1. The second-order valence-electron chi connectivity index (χ2n) is 6.76. The smallest absolute Gasteiger partial charge is 0.265 e. The number of sulfonamides is 1. The number of hydrogen-bond donors (Lipinski definition) is 1. The molecule has 30 heavy (non-hydrogen) atoms. The number of fused-ring (bicyclic) bond motifs is 3. The second kappa shape index (κ2) is 8.01. The fourth-order valence-electron chi connectivity index (χ4n) is 3.50. The topological polar surface area (TPSA) is 75.7 Å². The van der Waals surface area contributed by atoms with Gasteiger partial charge in [0.1, 0.15) is 12.3 Å². The van der Waals surface area contributed by atoms with Crippen LogP contribution in [0.4, 0.5) is 5.69 Å². The van der Waals surface area contributed by atoms with Crippen molar-refractivity contribution in [1.82, 2.24) is 5.32 Å². The third-order valence-corrected chi connectivity index (χ3v) is 6.98. The molecule has 1 amide bonds. The average molecular weight is 443 g/mol. The van der Waals surface area contributed by atoms with Crippen LogP contribution in [-0.2, 0) is 21.4 Å². The van der Waals surface area contributed by atoms with Crippen LogP contribution in [0.2, 0.25) is 5.02 Å². The van der Waals surface area contributed by atoms with Gasteiger partial charge in [-0.1, -0.05) is 48.0 Å². The van der Waals surface area contributed by atoms with E-state index in [1.54, 1.807) is 49.6 Å². The van der Waals surface area contributed by atoms with Gasteiger partial charge in [-0.2, -0.15) is 0 Å². The first-order chi connectivity index (χ1) is 14.4. The molecule has 3 aromatic rings. The fraction of sp³-hybridized carbons (Fsp3) is 0.136. The molecule has 4 rings (SSSR count). The van der Waals surface area contributed by atoms with Crippen molar-refractivity contribution in [3.05, 3.63) is 77.3 Å². The molecule has 1 aliphatic heterocycles. The second-order valence-corrected chi connectivity index (χ2v) is 9.03. The van der Waals surface area contributed by atoms with E-state index in [2.05, 4.69) is 5.32 Å². The highest BCUT2D eigenvalue weighted by Gasteiger charge is 2.35. The molecule has 0 aromatic heterocycles. The SMILES string of the molecule is COc1ccccc1CNC(=O)CN1c2ccc(Cl)cc2-c2ccccc2S1(=O)=O. The molecule has 0 spiro atoms. The Kier molecular flexibility index (Phi) is 5.40. The molecule has 0 unspecified atom stereocenters. The zero-order valence-corrected chi connectivity index (χ0v) is 17.7. The van der Waals surface area contributed by atoms with Crippen LogP contribution in [0.1, 0.15) is 5.56 Å². The summed E-state index contributed by atoms with van der Waals surface area (Å²) in [7, 11) is -2.34. The van der Waals surface area contributed by atoms with Gasteiger partial charge in [0.2, 0.25) is 5.91 Å². The largest absolute Gasteiger partial charge is 0.496 e. The molecule has 0 atom stereocenters. The quantitative estimate of drug-likeness (QED) is 0.651. The average Bonchev–Trinajstić information content (AvgIpc) is 2.75. The molecule has 0 saturated carbocycles. The molecule has 0 saturated heterocycles. The van der Waals surface area contributed by atoms with Crippen molar-refractivity contribution < 1.29 is 17.9 Å². The van der Waals surface area contributed by atoms with Gasteiger partial charge >= 0.3 is 0 Å². The lowest BCUT2D eigenvalue weighted by atomic mass is 10.0.